The van der Waals surface area contributed by atoms with Gasteiger partial charge in [0, 0.05) is 13.1 Å². The van der Waals surface area contributed by atoms with Crippen LogP contribution in [0, 0.1) is 17.8 Å². The van der Waals surface area contributed by atoms with Crippen LogP contribution in [-0.4, -0.2) is 41.8 Å². The summed E-state index contributed by atoms with van der Waals surface area (Å²) in [5.41, 5.74) is 0. The van der Waals surface area contributed by atoms with Crippen molar-refractivity contribution in [3.8, 4) is 0 Å². The summed E-state index contributed by atoms with van der Waals surface area (Å²) < 4.78 is 5.01. The molecule has 5 heteroatoms. The Kier molecular flexibility index (Phi) is 3.89. The van der Waals surface area contributed by atoms with E-state index in [-0.39, 0.29) is 18.6 Å². The van der Waals surface area contributed by atoms with Gasteiger partial charge in [0.25, 0.3) is 0 Å². The van der Waals surface area contributed by atoms with E-state index in [0.29, 0.717) is 31.3 Å². The van der Waals surface area contributed by atoms with E-state index in [4.69, 9.17) is 9.84 Å². The molecule has 3 unspecified atom stereocenters. The van der Waals surface area contributed by atoms with Crippen LogP contribution >= 0.6 is 0 Å². The highest BCUT2D eigenvalue weighted by atomic mass is 16.6. The van der Waals surface area contributed by atoms with Gasteiger partial charge >= 0.3 is 12.1 Å². The number of amides is 1. The molecule has 0 bridgehead atoms. The molecular weight excluding hydrogens is 234 g/mol. The molecule has 1 saturated carbocycles. The van der Waals surface area contributed by atoms with Gasteiger partial charge < -0.3 is 14.7 Å². The van der Waals surface area contributed by atoms with Crippen molar-refractivity contribution in [2.24, 2.45) is 17.8 Å². The van der Waals surface area contributed by atoms with Crippen molar-refractivity contribution in [1.82, 2.24) is 4.90 Å². The average Bonchev–Trinajstić information content (AvgIpc) is 2.78. The third kappa shape index (κ3) is 2.66. The fourth-order valence-electron chi connectivity index (χ4n) is 3.03. The van der Waals surface area contributed by atoms with Crippen LogP contribution in [0.1, 0.15) is 19.3 Å². The van der Waals surface area contributed by atoms with E-state index in [1.165, 1.54) is 0 Å². The van der Waals surface area contributed by atoms with Crippen molar-refractivity contribution in [3.63, 3.8) is 0 Å². The molecule has 5 nitrogen and oxygen atoms in total. The number of carbonyl (C=O) groups excluding carboxylic acids is 1. The number of hydrogen-bond acceptors (Lipinski definition) is 3. The zero-order valence-electron chi connectivity index (χ0n) is 10.4. The molecule has 0 aromatic heterocycles. The number of carboxylic acids is 1. The fourth-order valence-corrected chi connectivity index (χ4v) is 3.03. The predicted molar refractivity (Wildman–Crippen MR) is 65.1 cm³/mol. The number of nitrogens with zero attached hydrogens (tertiary/aromatic N) is 1. The summed E-state index contributed by atoms with van der Waals surface area (Å²) >= 11 is 0. The second-order valence-electron chi connectivity index (χ2n) is 5.14. The minimum atomic E-state index is -0.707. The maximum atomic E-state index is 11.7. The van der Waals surface area contributed by atoms with Crippen molar-refractivity contribution in [2.45, 2.75) is 19.3 Å². The molecule has 2 rings (SSSR count). The summed E-state index contributed by atoms with van der Waals surface area (Å²) in [4.78, 5) is 24.4. The number of ether oxygens (including phenoxy) is 1. The Morgan fingerprint density at radius 1 is 1.33 bits per heavy atom. The maximum absolute atomic E-state index is 11.7. The SMILES string of the molecule is C=CCOC(=O)N1CC2CCC(C(=O)O)CC2C1. The average molecular weight is 253 g/mol. The molecule has 2 aliphatic rings. The number of likely N-dealkylation sites (tertiary alicyclic amines) is 1. The Bertz CT molecular complexity index is 355. The van der Waals surface area contributed by atoms with E-state index in [9.17, 15) is 9.59 Å². The van der Waals surface area contributed by atoms with Crippen LogP contribution in [0.25, 0.3) is 0 Å². The number of aliphatic carboxylic acids is 1. The van der Waals surface area contributed by atoms with Gasteiger partial charge in [0.05, 0.1) is 5.92 Å². The Balaban J connectivity index is 1.89. The Labute approximate surface area is 106 Å². The smallest absolute Gasteiger partial charge is 0.410 e. The highest BCUT2D eigenvalue weighted by Crippen LogP contribution is 2.39. The maximum Gasteiger partial charge on any atom is 0.410 e. The quantitative estimate of drug-likeness (QED) is 0.778. The van der Waals surface area contributed by atoms with Gasteiger partial charge in [-0.15, -0.1) is 0 Å². The number of carbonyl (C=O) groups is 2. The van der Waals surface area contributed by atoms with Crippen molar-refractivity contribution >= 4 is 12.1 Å². The lowest BCUT2D eigenvalue weighted by atomic mass is 9.76. The van der Waals surface area contributed by atoms with Crippen molar-refractivity contribution < 1.29 is 19.4 Å². The van der Waals surface area contributed by atoms with Crippen LogP contribution in [0.3, 0.4) is 0 Å². The molecule has 1 aliphatic carbocycles. The van der Waals surface area contributed by atoms with E-state index < -0.39 is 5.97 Å². The summed E-state index contributed by atoms with van der Waals surface area (Å²) in [7, 11) is 0. The van der Waals surface area contributed by atoms with Crippen LogP contribution in [0.4, 0.5) is 4.79 Å². The van der Waals surface area contributed by atoms with Gasteiger partial charge in [0.2, 0.25) is 0 Å². The summed E-state index contributed by atoms with van der Waals surface area (Å²) in [5.74, 6) is -0.190. The Morgan fingerprint density at radius 3 is 2.72 bits per heavy atom. The predicted octanol–water partition coefficient (Wildman–Crippen LogP) is 1.74. The van der Waals surface area contributed by atoms with Gasteiger partial charge in [0.15, 0.2) is 0 Å². The summed E-state index contributed by atoms with van der Waals surface area (Å²) in [5, 5.41) is 9.03. The lowest BCUT2D eigenvalue weighted by Crippen LogP contribution is -2.29. The summed E-state index contributed by atoms with van der Waals surface area (Å²) in [6.07, 6.45) is 3.54. The first-order valence-corrected chi connectivity index (χ1v) is 6.37. The first-order chi connectivity index (χ1) is 8.61. The minimum absolute atomic E-state index is 0.225. The van der Waals surface area contributed by atoms with E-state index in [1.807, 2.05) is 0 Å². The number of fused-ring (bicyclic) bond motifs is 1. The topological polar surface area (TPSA) is 66.8 Å². The molecule has 2 fully saturated rings. The molecule has 1 N–H and O–H groups in total. The highest BCUT2D eigenvalue weighted by molar-refractivity contribution is 5.70. The van der Waals surface area contributed by atoms with Gasteiger partial charge in [-0.25, -0.2) is 4.79 Å². The molecule has 100 valence electrons. The molecule has 0 spiro atoms. The summed E-state index contributed by atoms with van der Waals surface area (Å²) in [6, 6.07) is 0. The molecule has 18 heavy (non-hydrogen) atoms. The number of hydrogen-bond donors (Lipinski definition) is 1. The van der Waals surface area contributed by atoms with E-state index >= 15 is 0 Å². The lowest BCUT2D eigenvalue weighted by molar-refractivity contribution is -0.143. The van der Waals surface area contributed by atoms with Crippen LogP contribution < -0.4 is 0 Å². The minimum Gasteiger partial charge on any atom is -0.481 e. The van der Waals surface area contributed by atoms with E-state index in [2.05, 4.69) is 6.58 Å². The highest BCUT2D eigenvalue weighted by Gasteiger charge is 2.41. The van der Waals surface area contributed by atoms with E-state index in [1.54, 1.807) is 11.0 Å². The van der Waals surface area contributed by atoms with Gasteiger partial charge in [-0.3, -0.25) is 4.79 Å². The molecule has 1 heterocycles. The first kappa shape index (κ1) is 12.9. The third-order valence-electron chi connectivity index (χ3n) is 3.98. The standard InChI is InChI=1S/C13H19NO4/c1-2-5-18-13(17)14-7-10-4-3-9(12(15)16)6-11(10)8-14/h2,9-11H,1,3-8H2,(H,15,16). The van der Waals surface area contributed by atoms with Gasteiger partial charge in [-0.1, -0.05) is 12.7 Å². The Hall–Kier alpha value is -1.52. The fraction of sp³-hybridized carbons (Fsp3) is 0.692. The van der Waals surface area contributed by atoms with Crippen LogP contribution in [0.2, 0.25) is 0 Å². The van der Waals surface area contributed by atoms with Crippen molar-refractivity contribution in [2.75, 3.05) is 19.7 Å². The molecule has 3 atom stereocenters. The molecular formula is C13H19NO4. The largest absolute Gasteiger partial charge is 0.481 e. The number of rotatable bonds is 3. The number of carboxylic acid groups (broad SMARTS) is 1. The third-order valence-corrected chi connectivity index (χ3v) is 3.98. The zero-order chi connectivity index (χ0) is 13.1. The molecule has 0 aromatic rings. The van der Waals surface area contributed by atoms with Crippen LogP contribution in [-0.2, 0) is 9.53 Å². The van der Waals surface area contributed by atoms with Crippen molar-refractivity contribution in [1.29, 1.82) is 0 Å². The Morgan fingerprint density at radius 2 is 2.06 bits per heavy atom. The van der Waals surface area contributed by atoms with Crippen molar-refractivity contribution in [3.05, 3.63) is 12.7 Å². The zero-order valence-corrected chi connectivity index (χ0v) is 10.4. The van der Waals surface area contributed by atoms with E-state index in [0.717, 1.165) is 12.8 Å². The monoisotopic (exact) mass is 253 g/mol. The lowest BCUT2D eigenvalue weighted by Gasteiger charge is -2.27. The van der Waals surface area contributed by atoms with Crippen LogP contribution in [0.5, 0.6) is 0 Å². The molecule has 1 saturated heterocycles. The molecule has 0 aromatic carbocycles. The summed E-state index contributed by atoms with van der Waals surface area (Å²) in [6.45, 7) is 5.06. The molecule has 1 aliphatic heterocycles. The van der Waals surface area contributed by atoms with Crippen LogP contribution in [0.15, 0.2) is 12.7 Å². The second kappa shape index (κ2) is 5.42. The van der Waals surface area contributed by atoms with Gasteiger partial charge in [-0.2, -0.15) is 0 Å². The normalized spacial score (nSPS) is 30.7. The molecule has 0 radical (unpaired) electrons. The first-order valence-electron chi connectivity index (χ1n) is 6.37. The molecule has 1 amide bonds. The van der Waals surface area contributed by atoms with Gasteiger partial charge in [0.1, 0.15) is 6.61 Å². The van der Waals surface area contributed by atoms with Gasteiger partial charge in [-0.05, 0) is 31.1 Å². The second-order valence-corrected chi connectivity index (χ2v) is 5.14.